The van der Waals surface area contributed by atoms with Crippen LogP contribution in [-0.4, -0.2) is 37.2 Å². The van der Waals surface area contributed by atoms with E-state index in [0.717, 1.165) is 109 Å². The molecule has 0 aromatic rings. The first-order chi connectivity index (χ1) is 38.5. The summed E-state index contributed by atoms with van der Waals surface area (Å²) in [5.41, 5.74) is 0. The van der Waals surface area contributed by atoms with Crippen molar-refractivity contribution >= 4 is 17.9 Å². The summed E-state index contributed by atoms with van der Waals surface area (Å²) in [6.07, 6.45) is 90.7. The normalized spacial score (nSPS) is 12.9. The highest BCUT2D eigenvalue weighted by atomic mass is 16.6. The van der Waals surface area contributed by atoms with Crippen molar-refractivity contribution in [3.05, 3.63) is 122 Å². The second-order valence-corrected chi connectivity index (χ2v) is 21.3. The quantitative estimate of drug-likeness (QED) is 0.0261. The highest BCUT2D eigenvalue weighted by Gasteiger charge is 2.19. The van der Waals surface area contributed by atoms with Gasteiger partial charge in [-0.1, -0.05) is 277 Å². The van der Waals surface area contributed by atoms with E-state index in [0.29, 0.717) is 19.3 Å². The maximum Gasteiger partial charge on any atom is 0.306 e. The van der Waals surface area contributed by atoms with Gasteiger partial charge < -0.3 is 14.2 Å². The Hall–Kier alpha value is -4.19. The summed E-state index contributed by atoms with van der Waals surface area (Å²) >= 11 is 0. The maximum absolute atomic E-state index is 12.9. The van der Waals surface area contributed by atoms with Gasteiger partial charge in [0.05, 0.1) is 0 Å². The number of unbranched alkanes of at least 4 members (excludes halogenated alkanes) is 27. The minimum atomic E-state index is -0.829. The number of hydrogen-bond donors (Lipinski definition) is 0. The van der Waals surface area contributed by atoms with E-state index in [2.05, 4.69) is 136 Å². The number of rotatable bonds is 58. The van der Waals surface area contributed by atoms with E-state index in [1.54, 1.807) is 0 Å². The first-order valence-corrected chi connectivity index (χ1v) is 32.5. The molecule has 0 aromatic carbocycles. The number of ether oxygens (including phenoxy) is 3. The van der Waals surface area contributed by atoms with Crippen LogP contribution in [0.25, 0.3) is 0 Å². The van der Waals surface area contributed by atoms with Crippen molar-refractivity contribution in [3.8, 4) is 0 Å². The Kier molecular flexibility index (Phi) is 61.8. The molecule has 0 spiro atoms. The maximum atomic E-state index is 12.9. The predicted molar refractivity (Wildman–Crippen MR) is 339 cm³/mol. The molecule has 0 amide bonds. The topological polar surface area (TPSA) is 78.9 Å². The summed E-state index contributed by atoms with van der Waals surface area (Å²) in [5.74, 6) is -1.01. The molecule has 0 rings (SSSR count). The first kappa shape index (κ1) is 73.8. The van der Waals surface area contributed by atoms with Crippen LogP contribution in [0.15, 0.2) is 122 Å². The Morgan fingerprint density at radius 3 is 0.846 bits per heavy atom. The lowest BCUT2D eigenvalue weighted by Gasteiger charge is -2.18. The molecule has 0 N–H and O–H groups in total. The molecule has 0 aromatic heterocycles. The van der Waals surface area contributed by atoms with E-state index >= 15 is 0 Å². The SMILES string of the molecule is CC/C=C\C/C=C\C/C=C\C/C=C\C/C=C\C/C=C\CCC(=O)OC(COC(=O)CCCCCCC/C=C\C/C=C\CCCCCC)COC(=O)CCCCCCCCCCCCCCC/C=C\C/C=C\CCCCCCC. The van der Waals surface area contributed by atoms with Crippen LogP contribution in [0.4, 0.5) is 0 Å². The molecule has 0 bridgehead atoms. The monoisotopic (exact) mass is 1080 g/mol. The zero-order valence-electron chi connectivity index (χ0n) is 50.9. The fraction of sp³-hybridized carbons (Fsp3) is 0.681. The fourth-order valence-corrected chi connectivity index (χ4v) is 8.82. The molecule has 1 unspecified atom stereocenters. The van der Waals surface area contributed by atoms with Crippen molar-refractivity contribution < 1.29 is 28.6 Å². The molecule has 1 atom stereocenters. The van der Waals surface area contributed by atoms with Crippen LogP contribution in [0.2, 0.25) is 0 Å². The van der Waals surface area contributed by atoms with Gasteiger partial charge in [0.1, 0.15) is 13.2 Å². The number of esters is 3. The molecule has 0 heterocycles. The third kappa shape index (κ3) is 62.7. The smallest absolute Gasteiger partial charge is 0.306 e. The van der Waals surface area contributed by atoms with Gasteiger partial charge in [-0.05, 0) is 122 Å². The zero-order valence-corrected chi connectivity index (χ0v) is 50.9. The molecule has 78 heavy (non-hydrogen) atoms. The molecule has 0 aliphatic heterocycles. The Labute approximate surface area is 482 Å². The lowest BCUT2D eigenvalue weighted by molar-refractivity contribution is -0.166. The van der Waals surface area contributed by atoms with Gasteiger partial charge in [-0.3, -0.25) is 14.4 Å². The van der Waals surface area contributed by atoms with E-state index in [1.807, 2.05) is 6.08 Å². The third-order valence-corrected chi connectivity index (χ3v) is 13.7. The summed E-state index contributed by atoms with van der Waals surface area (Å²) < 4.78 is 16.8. The van der Waals surface area contributed by atoms with Gasteiger partial charge in [0.2, 0.25) is 0 Å². The van der Waals surface area contributed by atoms with Gasteiger partial charge in [-0.25, -0.2) is 0 Å². The van der Waals surface area contributed by atoms with Crippen molar-refractivity contribution in [2.24, 2.45) is 0 Å². The highest BCUT2D eigenvalue weighted by molar-refractivity contribution is 5.71. The van der Waals surface area contributed by atoms with Gasteiger partial charge >= 0.3 is 17.9 Å². The molecule has 0 fully saturated rings. The first-order valence-electron chi connectivity index (χ1n) is 32.5. The Morgan fingerprint density at radius 1 is 0.269 bits per heavy atom. The highest BCUT2D eigenvalue weighted by Crippen LogP contribution is 2.15. The Bertz CT molecular complexity index is 1620. The largest absolute Gasteiger partial charge is 0.462 e. The fourth-order valence-electron chi connectivity index (χ4n) is 8.82. The van der Waals surface area contributed by atoms with Crippen molar-refractivity contribution in [2.75, 3.05) is 13.2 Å². The summed E-state index contributed by atoms with van der Waals surface area (Å²) in [5, 5.41) is 0. The average molecular weight is 1080 g/mol. The van der Waals surface area contributed by atoms with E-state index in [-0.39, 0.29) is 31.6 Å². The second-order valence-electron chi connectivity index (χ2n) is 21.3. The van der Waals surface area contributed by atoms with Crippen LogP contribution in [0.3, 0.4) is 0 Å². The molecule has 0 saturated heterocycles. The number of hydrogen-bond acceptors (Lipinski definition) is 6. The van der Waals surface area contributed by atoms with Gasteiger partial charge in [-0.15, -0.1) is 0 Å². The molecule has 444 valence electrons. The molecule has 0 radical (unpaired) electrons. The van der Waals surface area contributed by atoms with Crippen LogP contribution in [0, 0.1) is 0 Å². The number of carbonyl (C=O) groups is 3. The minimum absolute atomic E-state index is 0.115. The van der Waals surface area contributed by atoms with Gasteiger partial charge in [0.25, 0.3) is 0 Å². The minimum Gasteiger partial charge on any atom is -0.462 e. The lowest BCUT2D eigenvalue weighted by atomic mass is 10.0. The third-order valence-electron chi connectivity index (χ3n) is 13.7. The van der Waals surface area contributed by atoms with Crippen molar-refractivity contribution in [1.82, 2.24) is 0 Å². The van der Waals surface area contributed by atoms with Crippen molar-refractivity contribution in [2.45, 2.75) is 303 Å². The van der Waals surface area contributed by atoms with Gasteiger partial charge in [0.15, 0.2) is 6.10 Å². The lowest BCUT2D eigenvalue weighted by Crippen LogP contribution is -2.30. The summed E-state index contributed by atoms with van der Waals surface area (Å²) in [4.78, 5) is 38.3. The molecule has 6 heteroatoms. The van der Waals surface area contributed by atoms with Crippen LogP contribution in [-0.2, 0) is 28.6 Å². The van der Waals surface area contributed by atoms with Crippen LogP contribution < -0.4 is 0 Å². The van der Waals surface area contributed by atoms with E-state index in [9.17, 15) is 14.4 Å². The average Bonchev–Trinajstić information content (AvgIpc) is 3.44. The standard InChI is InChI=1S/C72H120O6/c1-4-7-10-13-16-19-22-25-28-31-33-34-35-36-37-38-40-41-44-47-50-53-56-59-62-65-71(74)77-68-69(67-76-70(73)64-61-58-55-52-49-46-43-30-27-24-21-18-15-12-9-6-3)78-72(75)66-63-60-57-54-51-48-45-42-39-32-29-26-23-20-17-14-11-8-5-2/h8,11,17,20-22,24-26,29-31,33,39,42-43,48,51,57,60,69H,4-7,9-10,12-16,18-19,23,27-28,32,34-38,40-41,44-47,49-50,52-56,58-59,61-68H2,1-3H3/b11-8-,20-17-,24-21-,25-22-,29-26-,33-31-,42-39-,43-30-,51-48-,60-57-. The van der Waals surface area contributed by atoms with Crippen molar-refractivity contribution in [1.29, 1.82) is 0 Å². The van der Waals surface area contributed by atoms with Crippen LogP contribution >= 0.6 is 0 Å². The summed E-state index contributed by atoms with van der Waals surface area (Å²) in [6.45, 7) is 6.44. The number of allylic oxidation sites excluding steroid dienone is 20. The molecule has 0 aliphatic carbocycles. The Balaban J connectivity index is 4.45. The van der Waals surface area contributed by atoms with E-state index in [4.69, 9.17) is 14.2 Å². The van der Waals surface area contributed by atoms with Crippen molar-refractivity contribution in [3.63, 3.8) is 0 Å². The second kappa shape index (κ2) is 65.3. The molecular formula is C72H120O6. The molecule has 0 aliphatic rings. The predicted octanol–water partition coefficient (Wildman–Crippen LogP) is 22.4. The summed E-state index contributed by atoms with van der Waals surface area (Å²) in [7, 11) is 0. The van der Waals surface area contributed by atoms with Gasteiger partial charge in [-0.2, -0.15) is 0 Å². The Morgan fingerprint density at radius 2 is 0.526 bits per heavy atom. The summed E-state index contributed by atoms with van der Waals surface area (Å²) in [6, 6.07) is 0. The van der Waals surface area contributed by atoms with Crippen LogP contribution in [0.1, 0.15) is 297 Å². The molecule has 6 nitrogen and oxygen atoms in total. The number of carbonyl (C=O) groups excluding carboxylic acids is 3. The van der Waals surface area contributed by atoms with E-state index < -0.39 is 12.1 Å². The van der Waals surface area contributed by atoms with Crippen LogP contribution in [0.5, 0.6) is 0 Å². The van der Waals surface area contributed by atoms with E-state index in [1.165, 1.54) is 141 Å². The zero-order chi connectivity index (χ0) is 56.4. The van der Waals surface area contributed by atoms with Gasteiger partial charge in [0, 0.05) is 19.3 Å². The molecular weight excluding hydrogens is 961 g/mol. The molecule has 0 saturated carbocycles.